The topological polar surface area (TPSA) is 61.9 Å². The van der Waals surface area contributed by atoms with Gasteiger partial charge in [0.05, 0.1) is 0 Å². The van der Waals surface area contributed by atoms with Crippen LogP contribution in [-0.4, -0.2) is 50.6 Å². The quantitative estimate of drug-likeness (QED) is 0.717. The minimum atomic E-state index is -0.202. The summed E-state index contributed by atoms with van der Waals surface area (Å²) < 4.78 is 4.88. The van der Waals surface area contributed by atoms with Gasteiger partial charge in [-0.2, -0.15) is 0 Å². The molecule has 0 aliphatic heterocycles. The molecule has 6 heteroatoms. The average molecular weight is 378 g/mol. The van der Waals surface area contributed by atoms with E-state index in [1.165, 1.54) is 7.11 Å². The van der Waals surface area contributed by atoms with Gasteiger partial charge >= 0.3 is 0 Å². The third-order valence-corrected chi connectivity index (χ3v) is 4.69. The van der Waals surface area contributed by atoms with E-state index < -0.39 is 0 Å². The number of amides is 2. The smallest absolute Gasteiger partial charge is 0.250 e. The van der Waals surface area contributed by atoms with Crippen LogP contribution in [0.2, 0.25) is 0 Å². The van der Waals surface area contributed by atoms with Crippen LogP contribution in [-0.2, 0) is 20.9 Å². The maximum absolute atomic E-state index is 12.8. The number of ether oxygens (including phenoxy) is 1. The fourth-order valence-electron chi connectivity index (χ4n) is 2.85. The number of hydrogen-bond acceptors (Lipinski definition) is 4. The van der Waals surface area contributed by atoms with Crippen molar-refractivity contribution >= 4 is 23.2 Å². The summed E-state index contributed by atoms with van der Waals surface area (Å²) in [6.07, 6.45) is 0. The summed E-state index contributed by atoms with van der Waals surface area (Å²) in [5, 5.41) is 2.84. The molecule has 1 aromatic carbocycles. The number of benzene rings is 1. The van der Waals surface area contributed by atoms with Crippen LogP contribution in [0.15, 0.2) is 18.2 Å². The molecule has 0 bridgehead atoms. The molecule has 1 atom stereocenters. The van der Waals surface area contributed by atoms with E-state index >= 15 is 0 Å². The molecule has 0 aliphatic rings. The molecule has 1 aromatic rings. The van der Waals surface area contributed by atoms with Crippen molar-refractivity contribution in [2.24, 2.45) is 11.8 Å². The summed E-state index contributed by atoms with van der Waals surface area (Å²) >= 11 is 0. The van der Waals surface area contributed by atoms with Crippen molar-refractivity contribution < 1.29 is 14.3 Å². The SMILES string of the molecule is COCC(=O)Nc1ccc(N(C)C)c(CN(C(=O)C(C)C)[C@H](C)C(C)C)c1. The lowest BCUT2D eigenvalue weighted by atomic mass is 10.0. The van der Waals surface area contributed by atoms with Crippen LogP contribution < -0.4 is 10.2 Å². The Hall–Kier alpha value is -2.08. The first-order valence-electron chi connectivity index (χ1n) is 9.48. The van der Waals surface area contributed by atoms with E-state index in [0.29, 0.717) is 18.2 Å². The molecule has 2 amide bonds. The molecule has 1 rings (SSSR count). The number of nitrogens with one attached hydrogen (secondary N) is 1. The molecule has 152 valence electrons. The average Bonchev–Trinajstić information content (AvgIpc) is 2.58. The van der Waals surface area contributed by atoms with Gasteiger partial charge in [-0.05, 0) is 36.6 Å². The highest BCUT2D eigenvalue weighted by atomic mass is 16.5. The van der Waals surface area contributed by atoms with Crippen molar-refractivity contribution in [3.05, 3.63) is 23.8 Å². The zero-order valence-electron chi connectivity index (χ0n) is 18.0. The van der Waals surface area contributed by atoms with Gasteiger partial charge in [0, 0.05) is 51.1 Å². The summed E-state index contributed by atoms with van der Waals surface area (Å²) in [7, 11) is 5.44. The van der Waals surface area contributed by atoms with Gasteiger partial charge in [0.2, 0.25) is 11.8 Å². The van der Waals surface area contributed by atoms with Crippen LogP contribution in [0.4, 0.5) is 11.4 Å². The normalized spacial score (nSPS) is 12.2. The minimum absolute atomic E-state index is 0.00705. The van der Waals surface area contributed by atoms with Gasteiger partial charge in [0.25, 0.3) is 0 Å². The Bertz CT molecular complexity index is 642. The number of methoxy groups -OCH3 is 1. The van der Waals surface area contributed by atoms with E-state index in [1.54, 1.807) is 0 Å². The summed E-state index contributed by atoms with van der Waals surface area (Å²) in [6.45, 7) is 10.7. The summed E-state index contributed by atoms with van der Waals surface area (Å²) in [6, 6.07) is 5.89. The Balaban J connectivity index is 3.24. The zero-order chi connectivity index (χ0) is 20.7. The molecule has 6 nitrogen and oxygen atoms in total. The molecular formula is C21H35N3O3. The summed E-state index contributed by atoms with van der Waals surface area (Å²) in [4.78, 5) is 28.7. The lowest BCUT2D eigenvalue weighted by molar-refractivity contribution is -0.138. The van der Waals surface area contributed by atoms with Crippen LogP contribution in [0.3, 0.4) is 0 Å². The maximum atomic E-state index is 12.8. The number of anilines is 2. The van der Waals surface area contributed by atoms with E-state index in [1.807, 2.05) is 55.9 Å². The molecule has 0 unspecified atom stereocenters. The highest BCUT2D eigenvalue weighted by Crippen LogP contribution is 2.27. The summed E-state index contributed by atoms with van der Waals surface area (Å²) in [5.74, 6) is 0.208. The Morgan fingerprint density at radius 2 is 1.74 bits per heavy atom. The van der Waals surface area contributed by atoms with Crippen LogP contribution in [0.1, 0.15) is 40.2 Å². The lowest BCUT2D eigenvalue weighted by Gasteiger charge is -2.34. The van der Waals surface area contributed by atoms with Crippen molar-refractivity contribution in [1.82, 2.24) is 4.90 Å². The number of hydrogen-bond donors (Lipinski definition) is 1. The second-order valence-electron chi connectivity index (χ2n) is 7.82. The van der Waals surface area contributed by atoms with Crippen molar-refractivity contribution in [1.29, 1.82) is 0 Å². The van der Waals surface area contributed by atoms with Crippen LogP contribution >= 0.6 is 0 Å². The van der Waals surface area contributed by atoms with E-state index in [9.17, 15) is 9.59 Å². The number of carbonyl (C=O) groups is 2. The van der Waals surface area contributed by atoms with Gasteiger partial charge in [0.15, 0.2) is 0 Å². The Kier molecular flexibility index (Phi) is 8.76. The van der Waals surface area contributed by atoms with E-state index in [2.05, 4.69) is 26.1 Å². The molecule has 0 saturated heterocycles. The standard InChI is InChI=1S/C21H35N3O3/c1-14(2)16(5)24(21(26)15(3)4)12-17-11-18(22-20(25)13-27-8)9-10-19(17)23(6)7/h9-11,14-16H,12-13H2,1-8H3,(H,22,25)/t16-/m1/s1. The molecule has 0 saturated carbocycles. The highest BCUT2D eigenvalue weighted by Gasteiger charge is 2.26. The number of nitrogens with zero attached hydrogens (tertiary/aromatic N) is 2. The zero-order valence-corrected chi connectivity index (χ0v) is 18.0. The molecule has 0 fully saturated rings. The first kappa shape index (κ1) is 23.0. The van der Waals surface area contributed by atoms with Gasteiger partial charge in [-0.3, -0.25) is 9.59 Å². The Morgan fingerprint density at radius 3 is 2.22 bits per heavy atom. The molecular weight excluding hydrogens is 342 g/mol. The van der Waals surface area contributed by atoms with Gasteiger partial charge in [-0.1, -0.05) is 27.7 Å². The third kappa shape index (κ3) is 6.54. The molecule has 0 heterocycles. The number of carbonyl (C=O) groups excluding carboxylic acids is 2. The van der Waals surface area contributed by atoms with Gasteiger partial charge < -0.3 is 19.9 Å². The van der Waals surface area contributed by atoms with Gasteiger partial charge in [-0.15, -0.1) is 0 Å². The van der Waals surface area contributed by atoms with Crippen molar-refractivity contribution in [2.45, 2.75) is 47.2 Å². The predicted octanol–water partition coefficient (Wildman–Crippen LogP) is 3.37. The third-order valence-electron chi connectivity index (χ3n) is 4.69. The second-order valence-corrected chi connectivity index (χ2v) is 7.82. The van der Waals surface area contributed by atoms with Crippen LogP contribution in [0, 0.1) is 11.8 Å². The Labute approximate surface area is 163 Å². The predicted molar refractivity (Wildman–Crippen MR) is 111 cm³/mol. The fourth-order valence-corrected chi connectivity index (χ4v) is 2.85. The van der Waals surface area contributed by atoms with Crippen LogP contribution in [0.5, 0.6) is 0 Å². The van der Waals surface area contributed by atoms with E-state index in [0.717, 1.165) is 11.3 Å². The molecule has 27 heavy (non-hydrogen) atoms. The highest BCUT2D eigenvalue weighted by molar-refractivity contribution is 5.92. The van der Waals surface area contributed by atoms with Crippen molar-refractivity contribution in [3.63, 3.8) is 0 Å². The molecule has 0 aromatic heterocycles. The molecule has 0 aliphatic carbocycles. The molecule has 1 N–H and O–H groups in total. The first-order valence-corrected chi connectivity index (χ1v) is 9.48. The molecule has 0 radical (unpaired) electrons. The largest absolute Gasteiger partial charge is 0.377 e. The maximum Gasteiger partial charge on any atom is 0.250 e. The van der Waals surface area contributed by atoms with Crippen LogP contribution in [0.25, 0.3) is 0 Å². The van der Waals surface area contributed by atoms with Gasteiger partial charge in [-0.25, -0.2) is 0 Å². The Morgan fingerprint density at radius 1 is 1.11 bits per heavy atom. The van der Waals surface area contributed by atoms with Crippen molar-refractivity contribution in [3.8, 4) is 0 Å². The monoisotopic (exact) mass is 377 g/mol. The second kappa shape index (κ2) is 10.3. The minimum Gasteiger partial charge on any atom is -0.377 e. The first-order chi connectivity index (χ1) is 12.6. The summed E-state index contributed by atoms with van der Waals surface area (Å²) in [5.41, 5.74) is 2.72. The fraction of sp³-hybridized carbons (Fsp3) is 0.619. The van der Waals surface area contributed by atoms with E-state index in [4.69, 9.17) is 4.74 Å². The van der Waals surface area contributed by atoms with Crippen molar-refractivity contribution in [2.75, 3.05) is 38.0 Å². The van der Waals surface area contributed by atoms with Gasteiger partial charge in [0.1, 0.15) is 6.61 Å². The molecule has 0 spiro atoms. The lowest BCUT2D eigenvalue weighted by Crippen LogP contribution is -2.43. The number of rotatable bonds is 9. The van der Waals surface area contributed by atoms with E-state index in [-0.39, 0.29) is 30.4 Å².